The quantitative estimate of drug-likeness (QED) is 0.847. The van der Waals surface area contributed by atoms with Gasteiger partial charge in [-0.25, -0.2) is 0 Å². The van der Waals surface area contributed by atoms with Gasteiger partial charge in [-0.3, -0.25) is 9.48 Å². The number of hydrogen-bond donors (Lipinski definition) is 1. The zero-order chi connectivity index (χ0) is 11.4. The molecule has 0 spiro atoms. The number of amides is 1. The van der Waals surface area contributed by atoms with Crippen LogP contribution in [0.5, 0.6) is 0 Å². The standard InChI is InChI=1S/C10H16BrN3O/c1-7(6-11)8(2)12-10(15)9-4-5-14(3)13-9/h4-5,7-8H,6H2,1-3H3,(H,12,15). The van der Waals surface area contributed by atoms with Crippen LogP contribution in [0.3, 0.4) is 0 Å². The Morgan fingerprint density at radius 3 is 2.80 bits per heavy atom. The maximum atomic E-state index is 11.7. The molecule has 0 radical (unpaired) electrons. The number of carbonyl (C=O) groups is 1. The minimum atomic E-state index is -0.115. The van der Waals surface area contributed by atoms with Crippen LogP contribution in [-0.2, 0) is 7.05 Å². The Hall–Kier alpha value is -0.840. The van der Waals surface area contributed by atoms with E-state index in [-0.39, 0.29) is 11.9 Å². The molecule has 0 aliphatic rings. The van der Waals surface area contributed by atoms with Crippen molar-refractivity contribution in [3.8, 4) is 0 Å². The lowest BCUT2D eigenvalue weighted by atomic mass is 10.1. The molecule has 84 valence electrons. The molecule has 2 unspecified atom stereocenters. The van der Waals surface area contributed by atoms with Crippen LogP contribution in [0.15, 0.2) is 12.3 Å². The van der Waals surface area contributed by atoms with Crippen LogP contribution in [0.1, 0.15) is 24.3 Å². The predicted octanol–water partition coefficient (Wildman–Crippen LogP) is 1.57. The molecule has 0 fully saturated rings. The molecule has 2 atom stereocenters. The van der Waals surface area contributed by atoms with Gasteiger partial charge in [0, 0.05) is 24.6 Å². The van der Waals surface area contributed by atoms with Gasteiger partial charge in [0.05, 0.1) is 0 Å². The molecule has 1 N–H and O–H groups in total. The molecule has 1 aromatic rings. The first-order valence-electron chi connectivity index (χ1n) is 4.91. The predicted molar refractivity (Wildman–Crippen MR) is 63.1 cm³/mol. The number of carbonyl (C=O) groups excluding carboxylic acids is 1. The second-order valence-electron chi connectivity index (χ2n) is 3.77. The van der Waals surface area contributed by atoms with Crippen LogP contribution in [0.4, 0.5) is 0 Å². The normalized spacial score (nSPS) is 14.7. The first-order chi connectivity index (χ1) is 7.04. The monoisotopic (exact) mass is 273 g/mol. The van der Waals surface area contributed by atoms with Crippen LogP contribution in [0, 0.1) is 5.92 Å². The molecule has 5 heteroatoms. The van der Waals surface area contributed by atoms with E-state index in [0.717, 1.165) is 5.33 Å². The van der Waals surface area contributed by atoms with Crippen LogP contribution in [-0.4, -0.2) is 27.1 Å². The molecule has 1 heterocycles. The van der Waals surface area contributed by atoms with E-state index in [9.17, 15) is 4.79 Å². The molecule has 1 aromatic heterocycles. The number of nitrogens with one attached hydrogen (secondary N) is 1. The van der Waals surface area contributed by atoms with Crippen LogP contribution in [0.2, 0.25) is 0 Å². The third-order valence-electron chi connectivity index (χ3n) is 2.40. The van der Waals surface area contributed by atoms with Gasteiger partial charge in [0.1, 0.15) is 5.69 Å². The van der Waals surface area contributed by atoms with Gasteiger partial charge in [0.25, 0.3) is 5.91 Å². The van der Waals surface area contributed by atoms with E-state index in [2.05, 4.69) is 33.3 Å². The molecule has 1 amide bonds. The summed E-state index contributed by atoms with van der Waals surface area (Å²) < 4.78 is 1.62. The second kappa shape index (κ2) is 5.30. The minimum absolute atomic E-state index is 0.115. The molecule has 0 bridgehead atoms. The van der Waals surface area contributed by atoms with Gasteiger partial charge >= 0.3 is 0 Å². The highest BCUT2D eigenvalue weighted by Gasteiger charge is 2.16. The first kappa shape index (κ1) is 12.2. The molecule has 1 rings (SSSR count). The van der Waals surface area contributed by atoms with E-state index in [1.165, 1.54) is 0 Å². The fourth-order valence-electron chi connectivity index (χ4n) is 1.09. The van der Waals surface area contributed by atoms with Crippen molar-refractivity contribution < 1.29 is 4.79 Å². The summed E-state index contributed by atoms with van der Waals surface area (Å²) in [6.45, 7) is 4.07. The lowest BCUT2D eigenvalue weighted by Crippen LogP contribution is -2.37. The van der Waals surface area contributed by atoms with E-state index in [1.54, 1.807) is 24.0 Å². The smallest absolute Gasteiger partial charge is 0.271 e. The van der Waals surface area contributed by atoms with Crippen molar-refractivity contribution in [2.24, 2.45) is 13.0 Å². The Labute approximate surface area is 98.2 Å². The first-order valence-corrected chi connectivity index (χ1v) is 6.03. The van der Waals surface area contributed by atoms with Crippen molar-refractivity contribution in [3.63, 3.8) is 0 Å². The molecule has 4 nitrogen and oxygen atoms in total. The third-order valence-corrected chi connectivity index (χ3v) is 3.42. The molecular weight excluding hydrogens is 258 g/mol. The number of aromatic nitrogens is 2. The van der Waals surface area contributed by atoms with Gasteiger partial charge < -0.3 is 5.32 Å². The van der Waals surface area contributed by atoms with Crippen LogP contribution < -0.4 is 5.32 Å². The van der Waals surface area contributed by atoms with Crippen molar-refractivity contribution in [2.45, 2.75) is 19.9 Å². The van der Waals surface area contributed by atoms with Crippen molar-refractivity contribution in [2.75, 3.05) is 5.33 Å². The van der Waals surface area contributed by atoms with Crippen molar-refractivity contribution in [1.82, 2.24) is 15.1 Å². The Kier molecular flexibility index (Phi) is 4.32. The number of rotatable bonds is 4. The summed E-state index contributed by atoms with van der Waals surface area (Å²) >= 11 is 3.39. The average molecular weight is 274 g/mol. The van der Waals surface area contributed by atoms with Crippen LogP contribution >= 0.6 is 15.9 Å². The molecule has 0 aromatic carbocycles. The topological polar surface area (TPSA) is 46.9 Å². The van der Waals surface area contributed by atoms with E-state index >= 15 is 0 Å². The molecule has 0 saturated heterocycles. The summed E-state index contributed by atoms with van der Waals surface area (Å²) in [6.07, 6.45) is 1.76. The molecule has 0 aliphatic carbocycles. The maximum absolute atomic E-state index is 11.7. The maximum Gasteiger partial charge on any atom is 0.271 e. The number of nitrogens with zero attached hydrogens (tertiary/aromatic N) is 2. The summed E-state index contributed by atoms with van der Waals surface area (Å²) in [5, 5.41) is 7.83. The van der Waals surface area contributed by atoms with E-state index in [1.807, 2.05) is 6.92 Å². The number of hydrogen-bond acceptors (Lipinski definition) is 2. The van der Waals surface area contributed by atoms with Crippen molar-refractivity contribution in [1.29, 1.82) is 0 Å². The summed E-state index contributed by atoms with van der Waals surface area (Å²) in [6, 6.07) is 1.85. The van der Waals surface area contributed by atoms with Gasteiger partial charge in [-0.2, -0.15) is 5.10 Å². The third kappa shape index (κ3) is 3.34. The molecule has 0 aliphatic heterocycles. The van der Waals surface area contributed by atoms with E-state index in [0.29, 0.717) is 11.6 Å². The SMILES string of the molecule is CC(CBr)C(C)NC(=O)c1ccn(C)n1. The van der Waals surface area contributed by atoms with Gasteiger partial charge in [-0.15, -0.1) is 0 Å². The number of alkyl halides is 1. The second-order valence-corrected chi connectivity index (χ2v) is 4.42. The summed E-state index contributed by atoms with van der Waals surface area (Å²) in [4.78, 5) is 11.7. The Balaban J connectivity index is 2.56. The Bertz CT molecular complexity index is 337. The lowest BCUT2D eigenvalue weighted by molar-refractivity contribution is 0.0925. The fraction of sp³-hybridized carbons (Fsp3) is 0.600. The largest absolute Gasteiger partial charge is 0.348 e. The van der Waals surface area contributed by atoms with Gasteiger partial charge in [0.15, 0.2) is 0 Å². The molecule has 15 heavy (non-hydrogen) atoms. The Morgan fingerprint density at radius 1 is 1.67 bits per heavy atom. The Morgan fingerprint density at radius 2 is 2.33 bits per heavy atom. The van der Waals surface area contributed by atoms with E-state index in [4.69, 9.17) is 0 Å². The fourth-order valence-corrected chi connectivity index (χ4v) is 1.65. The zero-order valence-electron chi connectivity index (χ0n) is 9.20. The van der Waals surface area contributed by atoms with Gasteiger partial charge in [0.2, 0.25) is 0 Å². The highest BCUT2D eigenvalue weighted by molar-refractivity contribution is 9.09. The van der Waals surface area contributed by atoms with Gasteiger partial charge in [-0.1, -0.05) is 22.9 Å². The minimum Gasteiger partial charge on any atom is -0.348 e. The number of aryl methyl sites for hydroxylation is 1. The summed E-state index contributed by atoms with van der Waals surface area (Å²) in [5.74, 6) is 0.286. The summed E-state index contributed by atoms with van der Waals surface area (Å²) in [5.41, 5.74) is 0.464. The van der Waals surface area contributed by atoms with Gasteiger partial charge in [-0.05, 0) is 18.9 Å². The highest BCUT2D eigenvalue weighted by atomic mass is 79.9. The molecular formula is C10H16BrN3O. The number of halogens is 1. The van der Waals surface area contributed by atoms with Crippen LogP contribution in [0.25, 0.3) is 0 Å². The zero-order valence-corrected chi connectivity index (χ0v) is 10.8. The lowest BCUT2D eigenvalue weighted by Gasteiger charge is -2.18. The van der Waals surface area contributed by atoms with Crippen molar-refractivity contribution in [3.05, 3.63) is 18.0 Å². The van der Waals surface area contributed by atoms with Crippen molar-refractivity contribution >= 4 is 21.8 Å². The average Bonchev–Trinajstić information content (AvgIpc) is 2.63. The highest BCUT2D eigenvalue weighted by Crippen LogP contribution is 2.06. The summed E-state index contributed by atoms with van der Waals surface area (Å²) in [7, 11) is 1.79. The van der Waals surface area contributed by atoms with E-state index < -0.39 is 0 Å². The molecule has 0 saturated carbocycles.